The average molecular weight is 217 g/mol. The van der Waals surface area contributed by atoms with Gasteiger partial charge in [-0.25, -0.2) is 14.5 Å². The molecule has 80 valence electrons. The predicted octanol–water partition coefficient (Wildman–Crippen LogP) is 0.778. The molecule has 0 saturated heterocycles. The molecule has 1 N–H and O–H groups in total. The number of carboxylic acids is 1. The second-order valence-corrected chi connectivity index (χ2v) is 3.04. The molecule has 0 fully saturated rings. The molecular weight excluding hydrogens is 210 g/mol. The highest BCUT2D eigenvalue weighted by atomic mass is 16.4. The number of aromatic nitrogens is 3. The first kappa shape index (κ1) is 10.0. The van der Waals surface area contributed by atoms with Gasteiger partial charge in [0.2, 0.25) is 0 Å². The highest BCUT2D eigenvalue weighted by molar-refractivity contribution is 5.87. The predicted molar refractivity (Wildman–Crippen MR) is 53.7 cm³/mol. The van der Waals surface area contributed by atoms with E-state index in [0.717, 1.165) is 0 Å². The van der Waals surface area contributed by atoms with Gasteiger partial charge in [0.25, 0.3) is 0 Å². The number of rotatable bonds is 3. The summed E-state index contributed by atoms with van der Waals surface area (Å²) < 4.78 is 1.30. The summed E-state index contributed by atoms with van der Waals surface area (Å²) >= 11 is 0. The van der Waals surface area contributed by atoms with Crippen LogP contribution < -0.4 is 0 Å². The molecule has 6 nitrogen and oxygen atoms in total. The van der Waals surface area contributed by atoms with Gasteiger partial charge in [-0.15, -0.1) is 0 Å². The summed E-state index contributed by atoms with van der Waals surface area (Å²) in [4.78, 5) is 25.2. The van der Waals surface area contributed by atoms with Crippen molar-refractivity contribution in [2.75, 3.05) is 0 Å². The van der Waals surface area contributed by atoms with Crippen molar-refractivity contribution in [1.82, 2.24) is 14.8 Å². The van der Waals surface area contributed by atoms with Crippen LogP contribution in [0.4, 0.5) is 0 Å². The second-order valence-electron chi connectivity index (χ2n) is 3.04. The number of hydrogen-bond acceptors (Lipinski definition) is 4. The van der Waals surface area contributed by atoms with Crippen molar-refractivity contribution in [3.8, 4) is 5.82 Å². The van der Waals surface area contributed by atoms with Crippen molar-refractivity contribution in [3.63, 3.8) is 0 Å². The van der Waals surface area contributed by atoms with Crippen molar-refractivity contribution in [2.24, 2.45) is 0 Å². The number of aldehydes is 1. The third-order valence-corrected chi connectivity index (χ3v) is 1.97. The molecule has 0 saturated carbocycles. The summed E-state index contributed by atoms with van der Waals surface area (Å²) in [5.74, 6) is -0.658. The topological polar surface area (TPSA) is 85.1 Å². The first-order valence-electron chi connectivity index (χ1n) is 4.40. The normalized spacial score (nSPS) is 10.0. The molecule has 0 atom stereocenters. The van der Waals surface area contributed by atoms with Crippen molar-refractivity contribution >= 4 is 12.3 Å². The van der Waals surface area contributed by atoms with Crippen molar-refractivity contribution < 1.29 is 14.7 Å². The number of aromatic carboxylic acids is 1. The lowest BCUT2D eigenvalue weighted by Crippen LogP contribution is -1.99. The van der Waals surface area contributed by atoms with Gasteiger partial charge in [0.1, 0.15) is 6.29 Å². The van der Waals surface area contributed by atoms with E-state index in [-0.39, 0.29) is 5.56 Å². The summed E-state index contributed by atoms with van der Waals surface area (Å²) in [6.07, 6.45) is 4.70. The van der Waals surface area contributed by atoms with Crippen molar-refractivity contribution in [1.29, 1.82) is 0 Å². The van der Waals surface area contributed by atoms with Gasteiger partial charge >= 0.3 is 5.97 Å². The van der Waals surface area contributed by atoms with E-state index in [4.69, 9.17) is 5.11 Å². The minimum Gasteiger partial charge on any atom is -0.478 e. The number of carbonyl (C=O) groups excluding carboxylic acids is 1. The highest BCUT2D eigenvalue weighted by Gasteiger charge is 2.07. The largest absolute Gasteiger partial charge is 0.478 e. The number of carboxylic acid groups (broad SMARTS) is 1. The molecule has 0 unspecified atom stereocenters. The average Bonchev–Trinajstić information content (AvgIpc) is 2.78. The molecule has 0 bridgehead atoms. The number of hydrogen-bond donors (Lipinski definition) is 1. The van der Waals surface area contributed by atoms with Crippen LogP contribution in [0, 0.1) is 0 Å². The van der Waals surface area contributed by atoms with Gasteiger partial charge in [0.05, 0.1) is 11.8 Å². The lowest BCUT2D eigenvalue weighted by molar-refractivity contribution is 0.0696. The standard InChI is InChI=1S/C10H7N3O3/c14-6-7-1-2-11-9(3-7)13-5-8(4-12-13)10(15)16/h1-6H,(H,15,16). The molecule has 0 aromatic carbocycles. The summed E-state index contributed by atoms with van der Waals surface area (Å²) in [6, 6.07) is 3.07. The van der Waals surface area contributed by atoms with E-state index in [0.29, 0.717) is 17.7 Å². The van der Waals surface area contributed by atoms with Crippen LogP contribution in [-0.4, -0.2) is 32.1 Å². The Kier molecular flexibility index (Phi) is 2.47. The second kappa shape index (κ2) is 3.93. The highest BCUT2D eigenvalue weighted by Crippen LogP contribution is 2.06. The SMILES string of the molecule is O=Cc1ccnc(-n2cc(C(=O)O)cn2)c1. The Morgan fingerprint density at radius 1 is 1.50 bits per heavy atom. The zero-order chi connectivity index (χ0) is 11.5. The first-order valence-corrected chi connectivity index (χ1v) is 4.40. The summed E-state index contributed by atoms with van der Waals surface area (Å²) in [7, 11) is 0. The van der Waals surface area contributed by atoms with E-state index < -0.39 is 5.97 Å². The fourth-order valence-electron chi connectivity index (χ4n) is 1.19. The van der Waals surface area contributed by atoms with Gasteiger partial charge < -0.3 is 5.11 Å². The minimum absolute atomic E-state index is 0.0679. The Balaban J connectivity index is 2.42. The van der Waals surface area contributed by atoms with Crippen LogP contribution in [0.15, 0.2) is 30.7 Å². The van der Waals surface area contributed by atoms with Crippen LogP contribution >= 0.6 is 0 Å². The quantitative estimate of drug-likeness (QED) is 0.768. The zero-order valence-corrected chi connectivity index (χ0v) is 8.07. The molecule has 0 amide bonds. The number of pyridine rings is 1. The summed E-state index contributed by atoms with van der Waals surface area (Å²) in [5.41, 5.74) is 0.524. The molecular formula is C10H7N3O3. The smallest absolute Gasteiger partial charge is 0.338 e. The molecule has 0 aliphatic carbocycles. The lowest BCUT2D eigenvalue weighted by Gasteiger charge is -1.99. The fourth-order valence-corrected chi connectivity index (χ4v) is 1.19. The molecule has 2 rings (SSSR count). The van der Waals surface area contributed by atoms with Crippen molar-refractivity contribution in [2.45, 2.75) is 0 Å². The zero-order valence-electron chi connectivity index (χ0n) is 8.07. The van der Waals surface area contributed by atoms with E-state index in [1.54, 1.807) is 6.07 Å². The number of carbonyl (C=O) groups is 2. The molecule has 6 heteroatoms. The maximum Gasteiger partial charge on any atom is 0.338 e. The van der Waals surface area contributed by atoms with Gasteiger partial charge in [-0.1, -0.05) is 0 Å². The molecule has 0 aliphatic rings. The summed E-state index contributed by atoms with van der Waals surface area (Å²) in [6.45, 7) is 0. The Morgan fingerprint density at radius 2 is 2.31 bits per heavy atom. The molecule has 0 aliphatic heterocycles. The third-order valence-electron chi connectivity index (χ3n) is 1.97. The Bertz CT molecular complexity index is 548. The van der Waals surface area contributed by atoms with Gasteiger partial charge in [-0.3, -0.25) is 4.79 Å². The molecule has 0 radical (unpaired) electrons. The van der Waals surface area contributed by atoms with Gasteiger partial charge in [0, 0.05) is 18.0 Å². The monoisotopic (exact) mass is 217 g/mol. The van der Waals surface area contributed by atoms with Gasteiger partial charge in [-0.2, -0.15) is 5.10 Å². The maximum absolute atomic E-state index is 10.6. The van der Waals surface area contributed by atoms with Crippen LogP contribution in [0.3, 0.4) is 0 Å². The molecule has 2 heterocycles. The lowest BCUT2D eigenvalue weighted by atomic mass is 10.3. The molecule has 0 spiro atoms. The Labute approximate surface area is 90.2 Å². The molecule has 2 aromatic rings. The van der Waals surface area contributed by atoms with Crippen LogP contribution in [0.1, 0.15) is 20.7 Å². The summed E-state index contributed by atoms with van der Waals surface area (Å²) in [5, 5.41) is 12.6. The third kappa shape index (κ3) is 1.81. The van der Waals surface area contributed by atoms with Gasteiger partial charge in [0.15, 0.2) is 5.82 Å². The fraction of sp³-hybridized carbons (Fsp3) is 0. The van der Waals surface area contributed by atoms with Crippen molar-refractivity contribution in [3.05, 3.63) is 41.9 Å². The maximum atomic E-state index is 10.6. The van der Waals surface area contributed by atoms with Crippen LogP contribution in [0.2, 0.25) is 0 Å². The van der Waals surface area contributed by atoms with E-state index in [1.807, 2.05) is 0 Å². The van der Waals surface area contributed by atoms with E-state index >= 15 is 0 Å². The Morgan fingerprint density at radius 3 is 2.94 bits per heavy atom. The van der Waals surface area contributed by atoms with E-state index in [9.17, 15) is 9.59 Å². The van der Waals surface area contributed by atoms with Crippen LogP contribution in [0.25, 0.3) is 5.82 Å². The number of nitrogens with zero attached hydrogens (tertiary/aromatic N) is 3. The Hall–Kier alpha value is -2.50. The van der Waals surface area contributed by atoms with Crippen LogP contribution in [-0.2, 0) is 0 Å². The van der Waals surface area contributed by atoms with E-state index in [1.165, 1.54) is 29.3 Å². The van der Waals surface area contributed by atoms with E-state index in [2.05, 4.69) is 10.1 Å². The minimum atomic E-state index is -1.06. The molecule has 2 aromatic heterocycles. The van der Waals surface area contributed by atoms with Crippen LogP contribution in [0.5, 0.6) is 0 Å². The van der Waals surface area contributed by atoms with Gasteiger partial charge in [-0.05, 0) is 12.1 Å². The molecule has 16 heavy (non-hydrogen) atoms. The first-order chi connectivity index (χ1) is 7.70.